The zero-order valence-corrected chi connectivity index (χ0v) is 20.4. The van der Waals surface area contributed by atoms with Crippen LogP contribution < -0.4 is 10.9 Å². The molecule has 1 fully saturated rings. The first kappa shape index (κ1) is 25.5. The molecule has 1 atom stereocenters. The molecule has 1 saturated heterocycles. The molecule has 3 aromatic rings. The first-order chi connectivity index (χ1) is 16.2. The summed E-state index contributed by atoms with van der Waals surface area (Å²) >= 11 is 0. The number of ether oxygens (including phenoxy) is 1. The van der Waals surface area contributed by atoms with E-state index in [2.05, 4.69) is 22.2 Å². The van der Waals surface area contributed by atoms with Crippen molar-refractivity contribution < 1.29 is 18.2 Å². The van der Waals surface area contributed by atoms with Crippen LogP contribution >= 0.6 is 0 Å². The molecule has 9 heteroatoms. The SMILES string of the molecule is C=S(N)(=O)c1ccc(CC)cc1C(=O)N1CCOCC1.CCc1ccc(-c2coc(=O)[nH]2)cc1. The van der Waals surface area contributed by atoms with Crippen LogP contribution in [0.5, 0.6) is 0 Å². The van der Waals surface area contributed by atoms with Crippen LogP contribution in [0.15, 0.2) is 62.8 Å². The van der Waals surface area contributed by atoms with Crippen LogP contribution in [0.3, 0.4) is 0 Å². The predicted octanol–water partition coefficient (Wildman–Crippen LogP) is 2.87. The van der Waals surface area contributed by atoms with Crippen molar-refractivity contribution in [3.63, 3.8) is 0 Å². The molecule has 0 radical (unpaired) electrons. The Kier molecular flexibility index (Phi) is 8.49. The molecule has 0 aliphatic carbocycles. The molecular weight excluding hydrogens is 454 g/mol. The first-order valence-electron chi connectivity index (χ1n) is 11.1. The predicted molar refractivity (Wildman–Crippen MR) is 134 cm³/mol. The minimum absolute atomic E-state index is 0.152. The van der Waals surface area contributed by atoms with Gasteiger partial charge in [0.15, 0.2) is 0 Å². The second-order valence-corrected chi connectivity index (χ2v) is 9.82. The summed E-state index contributed by atoms with van der Waals surface area (Å²) in [5.41, 5.74) is 4.37. The molecule has 1 unspecified atom stereocenters. The van der Waals surface area contributed by atoms with Gasteiger partial charge in [0.2, 0.25) is 0 Å². The Morgan fingerprint density at radius 1 is 1.09 bits per heavy atom. The highest BCUT2D eigenvalue weighted by molar-refractivity contribution is 7.98. The summed E-state index contributed by atoms with van der Waals surface area (Å²) in [4.78, 5) is 28.0. The molecule has 4 rings (SSSR count). The maximum atomic E-state index is 12.6. The molecule has 1 aliphatic rings. The fraction of sp³-hybridized carbons (Fsp3) is 0.320. The summed E-state index contributed by atoms with van der Waals surface area (Å²) in [6, 6.07) is 13.3. The number of morpholine rings is 1. The molecule has 0 saturated carbocycles. The van der Waals surface area contributed by atoms with Gasteiger partial charge in [-0.3, -0.25) is 14.9 Å². The van der Waals surface area contributed by atoms with E-state index in [1.807, 2.05) is 37.3 Å². The summed E-state index contributed by atoms with van der Waals surface area (Å²) in [5.74, 6) is 2.93. The van der Waals surface area contributed by atoms with E-state index in [0.29, 0.717) is 36.8 Å². The topological polar surface area (TPSA) is 119 Å². The third-order valence-corrected chi connectivity index (χ3v) is 6.65. The van der Waals surface area contributed by atoms with E-state index in [-0.39, 0.29) is 5.91 Å². The van der Waals surface area contributed by atoms with E-state index in [9.17, 15) is 13.8 Å². The number of rotatable bonds is 5. The number of H-pyrrole nitrogens is 1. The summed E-state index contributed by atoms with van der Waals surface area (Å²) in [7, 11) is -2.92. The van der Waals surface area contributed by atoms with Gasteiger partial charge in [-0.05, 0) is 42.0 Å². The van der Waals surface area contributed by atoms with Gasteiger partial charge in [0, 0.05) is 18.7 Å². The van der Waals surface area contributed by atoms with Crippen molar-refractivity contribution >= 4 is 21.5 Å². The summed E-state index contributed by atoms with van der Waals surface area (Å²) < 4.78 is 22.0. The fourth-order valence-corrected chi connectivity index (χ4v) is 4.36. The van der Waals surface area contributed by atoms with Gasteiger partial charge in [-0.2, -0.15) is 0 Å². The number of amides is 1. The van der Waals surface area contributed by atoms with Gasteiger partial charge in [-0.15, -0.1) is 0 Å². The minimum atomic E-state index is -2.92. The zero-order chi connectivity index (χ0) is 24.7. The van der Waals surface area contributed by atoms with E-state index in [1.165, 1.54) is 11.8 Å². The molecule has 1 aromatic heterocycles. The molecule has 1 amide bonds. The quantitative estimate of drug-likeness (QED) is 0.539. The Morgan fingerprint density at radius 3 is 2.24 bits per heavy atom. The Balaban J connectivity index is 0.000000202. The van der Waals surface area contributed by atoms with Crippen LogP contribution in [0.25, 0.3) is 11.3 Å². The van der Waals surface area contributed by atoms with Gasteiger partial charge in [0.25, 0.3) is 5.91 Å². The van der Waals surface area contributed by atoms with E-state index in [0.717, 1.165) is 29.7 Å². The lowest BCUT2D eigenvalue weighted by atomic mass is 10.1. The Hall–Kier alpha value is -3.14. The molecule has 2 heterocycles. The fourth-order valence-electron chi connectivity index (χ4n) is 3.54. The smallest absolute Gasteiger partial charge is 0.416 e. The number of aryl methyl sites for hydroxylation is 2. The zero-order valence-electron chi connectivity index (χ0n) is 19.5. The third-order valence-electron chi connectivity index (χ3n) is 5.55. The summed E-state index contributed by atoms with van der Waals surface area (Å²) in [5, 5.41) is 5.64. The van der Waals surface area contributed by atoms with Crippen molar-refractivity contribution in [2.45, 2.75) is 31.6 Å². The highest BCUT2D eigenvalue weighted by Gasteiger charge is 2.23. The molecule has 0 bridgehead atoms. The van der Waals surface area contributed by atoms with E-state index < -0.39 is 15.5 Å². The highest BCUT2D eigenvalue weighted by Crippen LogP contribution is 2.20. The standard InChI is InChI=1S/C14H20N2O3S.C11H11NO2/c1-3-11-4-5-13(20(2,15)18)12(10-11)14(17)16-6-8-19-9-7-16;1-2-8-3-5-9(6-4-8)10-7-14-11(13)12-10/h4-5,10H,2-3,6-9H2,1H3,(H2,15,18);3-7H,2H2,1H3,(H,12,13). The van der Waals surface area contributed by atoms with Crippen molar-refractivity contribution in [3.05, 3.63) is 76.0 Å². The lowest BCUT2D eigenvalue weighted by Gasteiger charge is -2.27. The molecule has 182 valence electrons. The summed E-state index contributed by atoms with van der Waals surface area (Å²) in [6.45, 7) is 6.24. The number of carbonyl (C=O) groups excluding carboxylic acids is 1. The first-order valence-corrected chi connectivity index (χ1v) is 12.9. The van der Waals surface area contributed by atoms with Crippen LogP contribution in [0.2, 0.25) is 0 Å². The number of oxazole rings is 1. The van der Waals surface area contributed by atoms with Crippen LogP contribution in [0, 0.1) is 0 Å². The number of nitrogens with one attached hydrogen (secondary N) is 1. The van der Waals surface area contributed by atoms with Gasteiger partial charge >= 0.3 is 5.76 Å². The second-order valence-electron chi connectivity index (χ2n) is 7.93. The Bertz CT molecular complexity index is 1270. The Morgan fingerprint density at radius 2 is 1.71 bits per heavy atom. The van der Waals surface area contributed by atoms with Crippen molar-refractivity contribution in [2.75, 3.05) is 26.3 Å². The number of nitrogens with two attached hydrogens (primary N) is 1. The van der Waals surface area contributed by atoms with E-state index in [4.69, 9.17) is 9.88 Å². The molecule has 1 aliphatic heterocycles. The van der Waals surface area contributed by atoms with Crippen molar-refractivity contribution in [1.82, 2.24) is 9.88 Å². The van der Waals surface area contributed by atoms with E-state index in [1.54, 1.807) is 17.0 Å². The molecule has 34 heavy (non-hydrogen) atoms. The van der Waals surface area contributed by atoms with Gasteiger partial charge in [-0.1, -0.05) is 44.2 Å². The number of nitrogens with zero attached hydrogens (tertiary/aromatic N) is 1. The van der Waals surface area contributed by atoms with Crippen molar-refractivity contribution in [3.8, 4) is 11.3 Å². The molecule has 8 nitrogen and oxygen atoms in total. The number of aromatic amines is 1. The van der Waals surface area contributed by atoms with Gasteiger partial charge in [0.05, 0.1) is 39.1 Å². The normalized spacial score (nSPS) is 15.2. The molecule has 3 N–H and O–H groups in total. The maximum absolute atomic E-state index is 12.6. The number of aromatic nitrogens is 1. The molecule has 2 aromatic carbocycles. The number of carbonyl (C=O) groups is 1. The molecule has 0 spiro atoms. The lowest BCUT2D eigenvalue weighted by Crippen LogP contribution is -2.41. The number of hydrogen-bond donors (Lipinski definition) is 2. The largest absolute Gasteiger partial charge is 0.416 e. The van der Waals surface area contributed by atoms with E-state index >= 15 is 0 Å². The highest BCUT2D eigenvalue weighted by atomic mass is 32.2. The molecular formula is C25H31N3O5S. The monoisotopic (exact) mass is 485 g/mol. The van der Waals surface area contributed by atoms with Crippen LogP contribution in [0.4, 0.5) is 0 Å². The second kappa shape index (κ2) is 11.3. The minimum Gasteiger partial charge on any atom is -0.416 e. The van der Waals surface area contributed by atoms with Crippen molar-refractivity contribution in [2.24, 2.45) is 5.14 Å². The number of benzene rings is 2. The lowest BCUT2D eigenvalue weighted by molar-refractivity contribution is 0.0300. The van der Waals surface area contributed by atoms with Crippen LogP contribution in [0.1, 0.15) is 35.3 Å². The van der Waals surface area contributed by atoms with Crippen molar-refractivity contribution in [1.29, 1.82) is 0 Å². The Labute approximate surface area is 199 Å². The van der Waals surface area contributed by atoms with Gasteiger partial charge in [0.1, 0.15) is 6.26 Å². The van der Waals surface area contributed by atoms with Crippen LogP contribution in [-0.4, -0.2) is 52.2 Å². The van der Waals surface area contributed by atoms with Gasteiger partial charge < -0.3 is 14.1 Å². The summed E-state index contributed by atoms with van der Waals surface area (Å²) in [6.07, 6.45) is 3.25. The number of hydrogen-bond acceptors (Lipinski definition) is 5. The van der Waals surface area contributed by atoms with Gasteiger partial charge in [-0.25, -0.2) is 9.00 Å². The average molecular weight is 486 g/mol. The average Bonchev–Trinajstić information content (AvgIpc) is 3.30. The third kappa shape index (κ3) is 6.47. The van der Waals surface area contributed by atoms with Crippen LogP contribution in [-0.2, 0) is 27.3 Å². The maximum Gasteiger partial charge on any atom is 0.416 e.